The zero-order valence-corrected chi connectivity index (χ0v) is 17.9. The first-order chi connectivity index (χ1) is 14.1. The highest BCUT2D eigenvalue weighted by Crippen LogP contribution is 2.29. The molecule has 0 saturated carbocycles. The first-order valence-corrected chi connectivity index (χ1v) is 9.98. The van der Waals surface area contributed by atoms with E-state index < -0.39 is 28.1 Å². The fourth-order valence-electron chi connectivity index (χ4n) is 1.85. The lowest BCUT2D eigenvalue weighted by Gasteiger charge is -2.18. The Labute approximate surface area is 184 Å². The van der Waals surface area contributed by atoms with Gasteiger partial charge in [-0.15, -0.1) is 0 Å². The number of pyridine rings is 1. The second-order valence-corrected chi connectivity index (χ2v) is 8.28. The van der Waals surface area contributed by atoms with Gasteiger partial charge in [-0.25, -0.2) is 23.0 Å². The third-order valence-electron chi connectivity index (χ3n) is 3.23. The second kappa shape index (κ2) is 10.0. The predicted octanol–water partition coefficient (Wildman–Crippen LogP) is 3.59. The third-order valence-corrected chi connectivity index (χ3v) is 5.33. The Hall–Kier alpha value is -2.77. The number of aliphatic carboxylic acids is 1. The number of nitrogens with one attached hydrogen (secondary N) is 1. The van der Waals surface area contributed by atoms with Crippen LogP contribution in [-0.4, -0.2) is 55.8 Å². The summed E-state index contributed by atoms with van der Waals surface area (Å²) in [6.45, 7) is 0. The molecule has 3 N–H and O–H groups in total. The van der Waals surface area contributed by atoms with Gasteiger partial charge in [0.1, 0.15) is 0 Å². The first kappa shape index (κ1) is 26.3. The lowest BCUT2D eigenvalue weighted by atomic mass is 10.2. The topological polar surface area (TPSA) is 137 Å². The summed E-state index contributed by atoms with van der Waals surface area (Å²) in [7, 11) is -0.699. The van der Waals surface area contributed by atoms with Crippen molar-refractivity contribution in [2.45, 2.75) is 11.1 Å². The van der Waals surface area contributed by atoms with Gasteiger partial charge in [-0.1, -0.05) is 23.2 Å². The number of benzene rings is 1. The van der Waals surface area contributed by atoms with Crippen molar-refractivity contribution in [3.63, 3.8) is 0 Å². The number of hydrogen-bond acceptors (Lipinski definition) is 6. The van der Waals surface area contributed by atoms with Crippen LogP contribution in [0.3, 0.4) is 0 Å². The predicted molar refractivity (Wildman–Crippen MR) is 106 cm³/mol. The quantitative estimate of drug-likeness (QED) is 0.562. The summed E-state index contributed by atoms with van der Waals surface area (Å²) in [5.74, 6) is -3.71. The molecule has 0 atom stereocenters. The minimum atomic E-state index is -5.08. The van der Waals surface area contributed by atoms with Crippen molar-refractivity contribution in [1.29, 1.82) is 0 Å². The second-order valence-electron chi connectivity index (χ2n) is 5.78. The van der Waals surface area contributed by atoms with Gasteiger partial charge < -0.3 is 15.1 Å². The molecule has 31 heavy (non-hydrogen) atoms. The lowest BCUT2D eigenvalue weighted by Crippen LogP contribution is -2.21. The number of rotatable bonds is 5. The first-order valence-electron chi connectivity index (χ1n) is 7.75. The molecule has 170 valence electrons. The number of sulfonamides is 1. The van der Waals surface area contributed by atoms with Crippen molar-refractivity contribution in [2.24, 2.45) is 0 Å². The van der Waals surface area contributed by atoms with Crippen LogP contribution >= 0.6 is 23.2 Å². The maximum absolute atomic E-state index is 12.5. The summed E-state index contributed by atoms with van der Waals surface area (Å²) in [5.41, 5.74) is -0.113. The molecule has 1 aromatic heterocycles. The Balaban J connectivity index is 0.000000592. The number of carboxylic acids is 2. The maximum atomic E-state index is 12.5. The number of anilines is 2. The molecule has 0 fully saturated rings. The maximum Gasteiger partial charge on any atom is 0.490 e. The number of nitrogens with zero attached hydrogens (tertiary/aromatic N) is 2. The summed E-state index contributed by atoms with van der Waals surface area (Å²) in [6.07, 6.45) is -3.94. The smallest absolute Gasteiger partial charge is 0.478 e. The molecule has 9 nitrogen and oxygen atoms in total. The monoisotopic (exact) mass is 503 g/mol. The van der Waals surface area contributed by atoms with Gasteiger partial charge in [0.15, 0.2) is 5.82 Å². The fourth-order valence-corrected chi connectivity index (χ4v) is 3.29. The molecule has 0 amide bonds. The van der Waals surface area contributed by atoms with E-state index in [1.165, 1.54) is 24.3 Å². The average Bonchev–Trinajstić information content (AvgIpc) is 2.62. The Morgan fingerprint density at radius 3 is 2.06 bits per heavy atom. The van der Waals surface area contributed by atoms with Crippen LogP contribution in [0.5, 0.6) is 0 Å². The molecule has 0 unspecified atom stereocenters. The van der Waals surface area contributed by atoms with Crippen molar-refractivity contribution < 1.29 is 41.4 Å². The van der Waals surface area contributed by atoms with Crippen LogP contribution in [0.25, 0.3) is 0 Å². The highest BCUT2D eigenvalue weighted by Gasteiger charge is 2.38. The average molecular weight is 504 g/mol. The number of carboxylic acid groups (broad SMARTS) is 2. The van der Waals surface area contributed by atoms with Crippen LogP contribution in [0, 0.1) is 0 Å². The third kappa shape index (κ3) is 7.45. The van der Waals surface area contributed by atoms with E-state index >= 15 is 0 Å². The Bertz CT molecular complexity index is 1090. The Morgan fingerprint density at radius 1 is 1.10 bits per heavy atom. The highest BCUT2D eigenvalue weighted by atomic mass is 35.5. The molecule has 0 saturated heterocycles. The van der Waals surface area contributed by atoms with Gasteiger partial charge >= 0.3 is 18.1 Å². The minimum Gasteiger partial charge on any atom is -0.478 e. The molecular weight excluding hydrogens is 490 g/mol. The zero-order valence-electron chi connectivity index (χ0n) is 15.6. The number of aromatic carboxylic acids is 1. The Morgan fingerprint density at radius 2 is 1.65 bits per heavy atom. The number of aromatic nitrogens is 1. The lowest BCUT2D eigenvalue weighted by molar-refractivity contribution is -0.192. The molecule has 2 rings (SSSR count). The summed E-state index contributed by atoms with van der Waals surface area (Å²) in [5, 5.41) is 16.5. The van der Waals surface area contributed by atoms with Crippen molar-refractivity contribution in [1.82, 2.24) is 4.98 Å². The zero-order chi connectivity index (χ0) is 24.1. The molecule has 1 heterocycles. The van der Waals surface area contributed by atoms with Crippen molar-refractivity contribution in [2.75, 3.05) is 23.7 Å². The molecule has 0 aliphatic heterocycles. The molecule has 15 heteroatoms. The van der Waals surface area contributed by atoms with Crippen molar-refractivity contribution in [3.8, 4) is 0 Å². The van der Waals surface area contributed by atoms with Gasteiger partial charge in [0.25, 0.3) is 10.0 Å². The van der Waals surface area contributed by atoms with E-state index in [4.69, 9.17) is 38.2 Å². The summed E-state index contributed by atoms with van der Waals surface area (Å²) in [6, 6.07) is 5.05. The molecule has 2 aromatic rings. The minimum absolute atomic E-state index is 0.0333. The highest BCUT2D eigenvalue weighted by molar-refractivity contribution is 7.92. The van der Waals surface area contributed by atoms with Gasteiger partial charge in [-0.2, -0.15) is 13.2 Å². The van der Waals surface area contributed by atoms with Crippen LogP contribution in [0.15, 0.2) is 35.4 Å². The molecule has 0 spiro atoms. The van der Waals surface area contributed by atoms with E-state index in [1.807, 2.05) is 0 Å². The van der Waals surface area contributed by atoms with E-state index in [1.54, 1.807) is 19.0 Å². The van der Waals surface area contributed by atoms with Gasteiger partial charge in [0, 0.05) is 20.3 Å². The number of alkyl halides is 3. The molecule has 0 aliphatic rings. The van der Waals surface area contributed by atoms with E-state index in [9.17, 15) is 26.4 Å². The van der Waals surface area contributed by atoms with Crippen LogP contribution < -0.4 is 9.62 Å². The SMILES string of the molecule is CN(C)c1ncc(C(=O)O)cc1NS(=O)(=O)c1ccc(Cl)c(Cl)c1.O=C(O)C(F)(F)F. The number of carbonyl (C=O) groups is 2. The van der Waals surface area contributed by atoms with Crippen LogP contribution in [0.1, 0.15) is 10.4 Å². The van der Waals surface area contributed by atoms with Gasteiger partial charge in [-0.3, -0.25) is 4.72 Å². The van der Waals surface area contributed by atoms with Gasteiger partial charge in [-0.05, 0) is 24.3 Å². The van der Waals surface area contributed by atoms with E-state index in [2.05, 4.69) is 9.71 Å². The van der Waals surface area contributed by atoms with Gasteiger partial charge in [0.2, 0.25) is 0 Å². The summed E-state index contributed by atoms with van der Waals surface area (Å²) < 4.78 is 59.1. The molecule has 0 aliphatic carbocycles. The van der Waals surface area contributed by atoms with E-state index in [0.717, 1.165) is 6.20 Å². The summed E-state index contributed by atoms with van der Waals surface area (Å²) in [4.78, 5) is 25.4. The molecule has 0 radical (unpaired) electrons. The summed E-state index contributed by atoms with van der Waals surface area (Å²) >= 11 is 11.6. The van der Waals surface area contributed by atoms with E-state index in [0.29, 0.717) is 0 Å². The molecule has 0 bridgehead atoms. The van der Waals surface area contributed by atoms with Gasteiger partial charge in [0.05, 0.1) is 26.2 Å². The normalized spacial score (nSPS) is 11.2. The molecular formula is C16H14Cl2F3N3O6S. The fraction of sp³-hybridized carbons (Fsp3) is 0.188. The number of hydrogen-bond donors (Lipinski definition) is 3. The molecule has 1 aromatic carbocycles. The van der Waals surface area contributed by atoms with Crippen LogP contribution in [-0.2, 0) is 14.8 Å². The van der Waals surface area contributed by atoms with E-state index in [-0.39, 0.29) is 32.0 Å². The van der Waals surface area contributed by atoms with Crippen molar-refractivity contribution in [3.05, 3.63) is 46.1 Å². The van der Waals surface area contributed by atoms with Crippen LogP contribution in [0.4, 0.5) is 24.7 Å². The number of halogens is 5. The largest absolute Gasteiger partial charge is 0.490 e. The van der Waals surface area contributed by atoms with Crippen molar-refractivity contribution >= 4 is 56.7 Å². The Kier molecular flexibility index (Phi) is 8.49. The standard InChI is InChI=1S/C14H13Cl2N3O4S.C2HF3O2/c1-19(2)13-12(5-8(7-17-13)14(20)21)18-24(22,23)9-3-4-10(15)11(16)6-9;3-2(4,5)1(6)7/h3-7,18H,1-2H3,(H,20,21);(H,6,7). The van der Waals surface area contributed by atoms with Crippen LogP contribution in [0.2, 0.25) is 10.0 Å².